The molecule has 3 nitrogen and oxygen atoms in total. The number of guanidine groups is 1. The minimum absolute atomic E-state index is 0.101. The molecule has 0 unspecified atom stereocenters. The molecule has 3 heteroatoms. The van der Waals surface area contributed by atoms with E-state index in [-0.39, 0.29) is 5.96 Å². The monoisotopic (exact) mass is 177 g/mol. The maximum absolute atomic E-state index is 5.27. The van der Waals surface area contributed by atoms with Crippen molar-refractivity contribution in [3.63, 3.8) is 0 Å². The number of aliphatic imine (C=N–C) groups is 1. The average Bonchev–Trinajstić information content (AvgIpc) is 2.03. The number of aryl methyl sites for hydroxylation is 2. The summed E-state index contributed by atoms with van der Waals surface area (Å²) in [7, 11) is 0. The lowest BCUT2D eigenvalue weighted by atomic mass is 10.1. The highest BCUT2D eigenvalue weighted by atomic mass is 15.0. The molecule has 0 spiro atoms. The van der Waals surface area contributed by atoms with Crippen LogP contribution in [0.2, 0.25) is 0 Å². The highest BCUT2D eigenvalue weighted by Crippen LogP contribution is 2.17. The third-order valence-electron chi connectivity index (χ3n) is 1.97. The van der Waals surface area contributed by atoms with Gasteiger partial charge in [0, 0.05) is 0 Å². The third kappa shape index (κ3) is 2.47. The molecule has 0 radical (unpaired) electrons. The van der Waals surface area contributed by atoms with Crippen LogP contribution in [0.1, 0.15) is 18.1 Å². The molecule has 0 saturated heterocycles. The van der Waals surface area contributed by atoms with E-state index in [1.807, 2.05) is 12.1 Å². The average molecular weight is 177 g/mol. The Morgan fingerprint density at radius 2 is 2.08 bits per heavy atom. The van der Waals surface area contributed by atoms with Crippen molar-refractivity contribution >= 4 is 11.6 Å². The molecule has 1 aromatic rings. The minimum atomic E-state index is 0.101. The van der Waals surface area contributed by atoms with Gasteiger partial charge < -0.3 is 11.5 Å². The topological polar surface area (TPSA) is 64.4 Å². The van der Waals surface area contributed by atoms with Crippen LogP contribution < -0.4 is 11.5 Å². The summed E-state index contributed by atoms with van der Waals surface area (Å²) in [6.45, 7) is 4.19. The Bertz CT molecular complexity index is 325. The summed E-state index contributed by atoms with van der Waals surface area (Å²) in [5, 5.41) is 0. The second-order valence-electron chi connectivity index (χ2n) is 3.00. The molecule has 0 heterocycles. The van der Waals surface area contributed by atoms with Gasteiger partial charge in [-0.25, -0.2) is 4.99 Å². The maximum Gasteiger partial charge on any atom is 0.191 e. The Morgan fingerprint density at radius 1 is 1.38 bits per heavy atom. The Labute approximate surface area is 78.5 Å². The molecule has 0 aromatic heterocycles. The molecule has 1 aromatic carbocycles. The number of benzene rings is 1. The van der Waals surface area contributed by atoms with Crippen LogP contribution in [0.4, 0.5) is 5.69 Å². The first-order valence-corrected chi connectivity index (χ1v) is 4.32. The maximum atomic E-state index is 5.27. The molecule has 4 N–H and O–H groups in total. The highest BCUT2D eigenvalue weighted by molar-refractivity contribution is 5.79. The van der Waals surface area contributed by atoms with Gasteiger partial charge in [0.1, 0.15) is 0 Å². The fraction of sp³-hybridized carbons (Fsp3) is 0.300. The summed E-state index contributed by atoms with van der Waals surface area (Å²) in [5.74, 6) is 0.101. The van der Waals surface area contributed by atoms with Crippen LogP contribution >= 0.6 is 0 Å². The summed E-state index contributed by atoms with van der Waals surface area (Å²) in [6, 6.07) is 5.96. The standard InChI is InChI=1S/C10H15N3/c1-3-8-4-5-9(6-7(8)2)13-10(11)12/h4-6H,3H2,1-2H3,(H4,11,12,13). The van der Waals surface area contributed by atoms with E-state index in [1.54, 1.807) is 0 Å². The van der Waals surface area contributed by atoms with Gasteiger partial charge in [0.15, 0.2) is 5.96 Å². The van der Waals surface area contributed by atoms with Crippen LogP contribution in [0, 0.1) is 6.92 Å². The van der Waals surface area contributed by atoms with Crippen molar-refractivity contribution in [2.45, 2.75) is 20.3 Å². The number of hydrogen-bond donors (Lipinski definition) is 2. The minimum Gasteiger partial charge on any atom is -0.370 e. The fourth-order valence-corrected chi connectivity index (χ4v) is 1.30. The van der Waals surface area contributed by atoms with Crippen molar-refractivity contribution in [1.29, 1.82) is 0 Å². The number of nitrogens with zero attached hydrogens (tertiary/aromatic N) is 1. The van der Waals surface area contributed by atoms with E-state index < -0.39 is 0 Å². The molecule has 13 heavy (non-hydrogen) atoms. The fourth-order valence-electron chi connectivity index (χ4n) is 1.30. The molecule has 1 rings (SSSR count). The van der Waals surface area contributed by atoms with Crippen LogP contribution in [0.25, 0.3) is 0 Å². The van der Waals surface area contributed by atoms with Crippen molar-refractivity contribution in [3.8, 4) is 0 Å². The van der Waals surface area contributed by atoms with E-state index in [2.05, 4.69) is 24.9 Å². The van der Waals surface area contributed by atoms with Gasteiger partial charge in [-0.1, -0.05) is 13.0 Å². The largest absolute Gasteiger partial charge is 0.370 e. The molecule has 0 aliphatic rings. The zero-order valence-corrected chi connectivity index (χ0v) is 8.04. The van der Waals surface area contributed by atoms with Crippen molar-refractivity contribution < 1.29 is 0 Å². The predicted molar refractivity (Wildman–Crippen MR) is 56.0 cm³/mol. The number of nitrogens with two attached hydrogens (primary N) is 2. The second kappa shape index (κ2) is 3.94. The van der Waals surface area contributed by atoms with E-state index in [0.29, 0.717) is 0 Å². The van der Waals surface area contributed by atoms with E-state index in [1.165, 1.54) is 11.1 Å². The van der Waals surface area contributed by atoms with Gasteiger partial charge in [-0.2, -0.15) is 0 Å². The number of hydrogen-bond acceptors (Lipinski definition) is 1. The predicted octanol–water partition coefficient (Wildman–Crippen LogP) is 1.46. The third-order valence-corrected chi connectivity index (χ3v) is 1.97. The van der Waals surface area contributed by atoms with E-state index in [4.69, 9.17) is 11.5 Å². The zero-order chi connectivity index (χ0) is 9.84. The molecule has 0 amide bonds. The van der Waals surface area contributed by atoms with Gasteiger partial charge >= 0.3 is 0 Å². The quantitative estimate of drug-likeness (QED) is 0.530. The Balaban J connectivity index is 3.03. The van der Waals surface area contributed by atoms with Gasteiger partial charge in [0.2, 0.25) is 0 Å². The van der Waals surface area contributed by atoms with Gasteiger partial charge in [0.05, 0.1) is 5.69 Å². The summed E-state index contributed by atoms with van der Waals surface area (Å²) in [4.78, 5) is 3.97. The Kier molecular flexibility index (Phi) is 2.90. The zero-order valence-electron chi connectivity index (χ0n) is 8.04. The van der Waals surface area contributed by atoms with E-state index >= 15 is 0 Å². The molecular formula is C10H15N3. The van der Waals surface area contributed by atoms with Crippen molar-refractivity contribution in [2.24, 2.45) is 16.5 Å². The van der Waals surface area contributed by atoms with Crippen LogP contribution in [-0.4, -0.2) is 5.96 Å². The molecule has 0 bridgehead atoms. The molecule has 0 aliphatic carbocycles. The summed E-state index contributed by atoms with van der Waals surface area (Å²) in [6.07, 6.45) is 1.04. The number of rotatable bonds is 2. The van der Waals surface area contributed by atoms with Crippen LogP contribution in [0.3, 0.4) is 0 Å². The summed E-state index contributed by atoms with van der Waals surface area (Å²) in [5.41, 5.74) is 13.9. The first kappa shape index (κ1) is 9.58. The van der Waals surface area contributed by atoms with Gasteiger partial charge in [-0.3, -0.25) is 0 Å². The Morgan fingerprint density at radius 3 is 2.54 bits per heavy atom. The van der Waals surface area contributed by atoms with Crippen molar-refractivity contribution in [3.05, 3.63) is 29.3 Å². The van der Waals surface area contributed by atoms with Crippen molar-refractivity contribution in [1.82, 2.24) is 0 Å². The van der Waals surface area contributed by atoms with Crippen molar-refractivity contribution in [2.75, 3.05) is 0 Å². The van der Waals surface area contributed by atoms with Gasteiger partial charge in [-0.15, -0.1) is 0 Å². The first-order chi connectivity index (χ1) is 6.13. The molecule has 0 atom stereocenters. The van der Waals surface area contributed by atoms with E-state index in [0.717, 1.165) is 12.1 Å². The second-order valence-corrected chi connectivity index (χ2v) is 3.00. The van der Waals surface area contributed by atoms with E-state index in [9.17, 15) is 0 Å². The molecule has 0 saturated carbocycles. The molecular weight excluding hydrogens is 162 g/mol. The normalized spacial score (nSPS) is 9.69. The highest BCUT2D eigenvalue weighted by Gasteiger charge is 1.96. The lowest BCUT2D eigenvalue weighted by Gasteiger charge is -2.03. The molecule has 0 fully saturated rings. The van der Waals surface area contributed by atoms with Crippen LogP contribution in [0.5, 0.6) is 0 Å². The lowest BCUT2D eigenvalue weighted by Crippen LogP contribution is -2.21. The molecule has 70 valence electrons. The summed E-state index contributed by atoms with van der Waals surface area (Å²) < 4.78 is 0. The van der Waals surface area contributed by atoms with Crippen LogP contribution in [0.15, 0.2) is 23.2 Å². The summed E-state index contributed by atoms with van der Waals surface area (Å²) >= 11 is 0. The SMILES string of the molecule is CCc1ccc(N=C(N)N)cc1C. The molecule has 0 aliphatic heterocycles. The van der Waals surface area contributed by atoms with Gasteiger partial charge in [-0.05, 0) is 36.6 Å². The van der Waals surface area contributed by atoms with Crippen LogP contribution in [-0.2, 0) is 6.42 Å². The Hall–Kier alpha value is -1.51. The first-order valence-electron chi connectivity index (χ1n) is 4.32. The smallest absolute Gasteiger partial charge is 0.191 e. The van der Waals surface area contributed by atoms with Gasteiger partial charge in [0.25, 0.3) is 0 Å². The lowest BCUT2D eigenvalue weighted by molar-refractivity contribution is 1.11.